The lowest BCUT2D eigenvalue weighted by Crippen LogP contribution is -2.15. The van der Waals surface area contributed by atoms with Crippen LogP contribution >= 0.6 is 15.9 Å². The van der Waals surface area contributed by atoms with E-state index < -0.39 is 0 Å². The smallest absolute Gasteiger partial charge is 0.123 e. The SMILES string of the molecule is CCC(C)C(CBr)Cc1ccc(F)cc1. The van der Waals surface area contributed by atoms with Gasteiger partial charge in [0.1, 0.15) is 5.82 Å². The number of hydrogen-bond donors (Lipinski definition) is 0. The fraction of sp³-hybridized carbons (Fsp3) is 0.538. The van der Waals surface area contributed by atoms with Crippen molar-refractivity contribution in [2.75, 3.05) is 5.33 Å². The molecule has 0 amide bonds. The number of hydrogen-bond acceptors (Lipinski definition) is 0. The van der Waals surface area contributed by atoms with Crippen LogP contribution in [0.2, 0.25) is 0 Å². The molecule has 0 aromatic heterocycles. The molecule has 0 spiro atoms. The van der Waals surface area contributed by atoms with Crippen LogP contribution in [0.4, 0.5) is 4.39 Å². The van der Waals surface area contributed by atoms with Crippen LogP contribution in [0.15, 0.2) is 24.3 Å². The molecule has 2 unspecified atom stereocenters. The van der Waals surface area contributed by atoms with Crippen LogP contribution in [-0.4, -0.2) is 5.33 Å². The van der Waals surface area contributed by atoms with Crippen molar-refractivity contribution in [1.29, 1.82) is 0 Å². The lowest BCUT2D eigenvalue weighted by atomic mass is 9.88. The minimum Gasteiger partial charge on any atom is -0.207 e. The second-order valence-electron chi connectivity index (χ2n) is 4.13. The first kappa shape index (κ1) is 12.7. The molecule has 0 radical (unpaired) electrons. The highest BCUT2D eigenvalue weighted by Gasteiger charge is 2.14. The molecule has 0 saturated carbocycles. The van der Waals surface area contributed by atoms with Crippen molar-refractivity contribution in [2.45, 2.75) is 26.7 Å². The maximum atomic E-state index is 12.7. The summed E-state index contributed by atoms with van der Waals surface area (Å²) in [6.07, 6.45) is 2.22. The van der Waals surface area contributed by atoms with E-state index in [1.165, 1.54) is 24.1 Å². The molecule has 84 valence electrons. The van der Waals surface area contributed by atoms with Crippen molar-refractivity contribution < 1.29 is 4.39 Å². The molecule has 0 saturated heterocycles. The predicted molar refractivity (Wildman–Crippen MR) is 66.8 cm³/mol. The van der Waals surface area contributed by atoms with Crippen LogP contribution in [0, 0.1) is 17.7 Å². The minimum atomic E-state index is -0.155. The van der Waals surface area contributed by atoms with Gasteiger partial charge in [0.25, 0.3) is 0 Å². The highest BCUT2D eigenvalue weighted by atomic mass is 79.9. The van der Waals surface area contributed by atoms with E-state index in [1.54, 1.807) is 0 Å². The summed E-state index contributed by atoms with van der Waals surface area (Å²) in [4.78, 5) is 0. The van der Waals surface area contributed by atoms with Gasteiger partial charge in [-0.05, 0) is 36.0 Å². The summed E-state index contributed by atoms with van der Waals surface area (Å²) >= 11 is 3.56. The van der Waals surface area contributed by atoms with E-state index in [4.69, 9.17) is 0 Å². The Morgan fingerprint density at radius 1 is 1.27 bits per heavy atom. The summed E-state index contributed by atoms with van der Waals surface area (Å²) in [5.74, 6) is 1.19. The molecule has 1 aromatic carbocycles. The third kappa shape index (κ3) is 3.94. The molecule has 1 aromatic rings. The molecule has 2 heteroatoms. The van der Waals surface area contributed by atoms with Crippen molar-refractivity contribution >= 4 is 15.9 Å². The van der Waals surface area contributed by atoms with Gasteiger partial charge in [0.15, 0.2) is 0 Å². The number of benzene rings is 1. The largest absolute Gasteiger partial charge is 0.207 e. The van der Waals surface area contributed by atoms with Crippen molar-refractivity contribution in [2.24, 2.45) is 11.8 Å². The maximum absolute atomic E-state index is 12.7. The Bertz CT molecular complexity index is 281. The van der Waals surface area contributed by atoms with Crippen molar-refractivity contribution in [1.82, 2.24) is 0 Å². The van der Waals surface area contributed by atoms with Crippen LogP contribution in [0.3, 0.4) is 0 Å². The van der Waals surface area contributed by atoms with Gasteiger partial charge in [0, 0.05) is 5.33 Å². The van der Waals surface area contributed by atoms with Crippen LogP contribution in [0.1, 0.15) is 25.8 Å². The normalized spacial score (nSPS) is 14.9. The molecule has 1 rings (SSSR count). The fourth-order valence-electron chi connectivity index (χ4n) is 1.66. The highest BCUT2D eigenvalue weighted by Crippen LogP contribution is 2.22. The van der Waals surface area contributed by atoms with Crippen LogP contribution < -0.4 is 0 Å². The maximum Gasteiger partial charge on any atom is 0.123 e. The Hall–Kier alpha value is -0.370. The first-order valence-electron chi connectivity index (χ1n) is 5.47. The monoisotopic (exact) mass is 272 g/mol. The second-order valence-corrected chi connectivity index (χ2v) is 4.78. The van der Waals surface area contributed by atoms with E-state index in [1.807, 2.05) is 12.1 Å². The van der Waals surface area contributed by atoms with Crippen LogP contribution in [0.5, 0.6) is 0 Å². The molecule has 0 fully saturated rings. The van der Waals surface area contributed by atoms with Crippen molar-refractivity contribution in [3.8, 4) is 0 Å². The van der Waals surface area contributed by atoms with Crippen molar-refractivity contribution in [3.63, 3.8) is 0 Å². The first-order valence-corrected chi connectivity index (χ1v) is 6.60. The third-order valence-corrected chi connectivity index (χ3v) is 3.89. The molecule has 0 aliphatic rings. The van der Waals surface area contributed by atoms with Gasteiger partial charge >= 0.3 is 0 Å². The number of halogens is 2. The standard InChI is InChI=1S/C13H18BrF/c1-3-10(2)12(9-14)8-11-4-6-13(15)7-5-11/h4-7,10,12H,3,8-9H2,1-2H3. The van der Waals surface area contributed by atoms with Gasteiger partial charge < -0.3 is 0 Å². The number of rotatable bonds is 5. The van der Waals surface area contributed by atoms with Gasteiger partial charge in [-0.2, -0.15) is 0 Å². The van der Waals surface area contributed by atoms with Gasteiger partial charge in [0.2, 0.25) is 0 Å². The Morgan fingerprint density at radius 3 is 2.33 bits per heavy atom. The summed E-state index contributed by atoms with van der Waals surface area (Å²) in [6, 6.07) is 6.84. The second kappa shape index (κ2) is 6.26. The zero-order valence-corrected chi connectivity index (χ0v) is 10.9. The lowest BCUT2D eigenvalue weighted by molar-refractivity contribution is 0.383. The van der Waals surface area contributed by atoms with Gasteiger partial charge in [-0.1, -0.05) is 48.3 Å². The molecule has 2 atom stereocenters. The zero-order valence-electron chi connectivity index (χ0n) is 9.34. The minimum absolute atomic E-state index is 0.155. The predicted octanol–water partition coefficient (Wildman–Crippen LogP) is 4.43. The van der Waals surface area contributed by atoms with E-state index in [9.17, 15) is 4.39 Å². The van der Waals surface area contributed by atoms with Gasteiger partial charge in [-0.15, -0.1) is 0 Å². The number of alkyl halides is 1. The molecule has 15 heavy (non-hydrogen) atoms. The van der Waals surface area contributed by atoms with Gasteiger partial charge in [-0.3, -0.25) is 0 Å². The molecular formula is C13H18BrF. The molecule has 0 aliphatic carbocycles. The average Bonchev–Trinajstić information content (AvgIpc) is 2.27. The van der Waals surface area contributed by atoms with Gasteiger partial charge in [0.05, 0.1) is 0 Å². The summed E-state index contributed by atoms with van der Waals surface area (Å²) in [7, 11) is 0. The van der Waals surface area contributed by atoms with Gasteiger partial charge in [-0.25, -0.2) is 4.39 Å². The molecule has 0 aliphatic heterocycles. The fourth-order valence-corrected chi connectivity index (χ4v) is 2.53. The van der Waals surface area contributed by atoms with E-state index in [-0.39, 0.29) is 5.82 Å². The third-order valence-electron chi connectivity index (χ3n) is 3.06. The average molecular weight is 273 g/mol. The Labute approximate surface area is 100 Å². The Morgan fingerprint density at radius 2 is 1.87 bits per heavy atom. The Balaban J connectivity index is 2.62. The zero-order chi connectivity index (χ0) is 11.3. The summed E-state index contributed by atoms with van der Waals surface area (Å²) in [6.45, 7) is 4.49. The van der Waals surface area contributed by atoms with E-state index in [0.717, 1.165) is 11.8 Å². The van der Waals surface area contributed by atoms with E-state index >= 15 is 0 Å². The van der Waals surface area contributed by atoms with Crippen LogP contribution in [-0.2, 0) is 6.42 Å². The quantitative estimate of drug-likeness (QED) is 0.696. The highest BCUT2D eigenvalue weighted by molar-refractivity contribution is 9.09. The lowest BCUT2D eigenvalue weighted by Gasteiger charge is -2.20. The molecule has 0 N–H and O–H groups in total. The van der Waals surface area contributed by atoms with Crippen LogP contribution in [0.25, 0.3) is 0 Å². The first-order chi connectivity index (χ1) is 7.17. The van der Waals surface area contributed by atoms with E-state index in [0.29, 0.717) is 11.8 Å². The van der Waals surface area contributed by atoms with E-state index in [2.05, 4.69) is 29.8 Å². The summed E-state index contributed by atoms with van der Waals surface area (Å²) in [5, 5.41) is 1.01. The topological polar surface area (TPSA) is 0 Å². The molecular weight excluding hydrogens is 255 g/mol. The van der Waals surface area contributed by atoms with Crippen molar-refractivity contribution in [3.05, 3.63) is 35.6 Å². The molecule has 0 bridgehead atoms. The Kier molecular flexibility index (Phi) is 5.30. The molecule has 0 nitrogen and oxygen atoms in total. The summed E-state index contributed by atoms with van der Waals surface area (Å²) in [5.41, 5.74) is 1.22. The summed E-state index contributed by atoms with van der Waals surface area (Å²) < 4.78 is 12.7. The molecule has 0 heterocycles.